The van der Waals surface area contributed by atoms with E-state index in [0.717, 1.165) is 0 Å². The fourth-order valence-corrected chi connectivity index (χ4v) is 2.83. The van der Waals surface area contributed by atoms with Gasteiger partial charge in [0, 0.05) is 5.57 Å². The molecule has 2 aromatic rings. The lowest BCUT2D eigenvalue weighted by Crippen LogP contribution is -2.19. The fraction of sp³-hybridized carbons (Fsp3) is 0.250. The molecule has 0 spiro atoms. The highest BCUT2D eigenvalue weighted by Crippen LogP contribution is 2.40. The largest absolute Gasteiger partial charge is 0.497 e. The van der Waals surface area contributed by atoms with Gasteiger partial charge in [0.1, 0.15) is 18.1 Å². The Morgan fingerprint density at radius 1 is 1.04 bits per heavy atom. The van der Waals surface area contributed by atoms with Crippen molar-refractivity contribution in [2.45, 2.75) is 6.61 Å². The minimum absolute atomic E-state index is 0.0535. The molecule has 8 heteroatoms. The Morgan fingerprint density at radius 3 is 2.29 bits per heavy atom. The molecule has 0 aromatic heterocycles. The summed E-state index contributed by atoms with van der Waals surface area (Å²) in [7, 11) is 4.15. The van der Waals surface area contributed by atoms with Crippen molar-refractivity contribution in [2.75, 3.05) is 27.9 Å². The quantitative estimate of drug-likeness (QED) is 0.693. The summed E-state index contributed by atoms with van der Waals surface area (Å²) in [6, 6.07) is 7.93. The van der Waals surface area contributed by atoms with Gasteiger partial charge in [0.15, 0.2) is 17.3 Å². The second-order valence-electron chi connectivity index (χ2n) is 5.78. The molecule has 1 aliphatic heterocycles. The number of Topliss-reactive ketones (excluding diaryl/α,β-unsaturated/α-hetero) is 1. The van der Waals surface area contributed by atoms with Crippen LogP contribution in [-0.4, -0.2) is 40.3 Å². The molecule has 148 valence electrons. The Kier molecular flexibility index (Phi) is 5.67. The van der Waals surface area contributed by atoms with Crippen LogP contribution >= 0.6 is 0 Å². The summed E-state index contributed by atoms with van der Waals surface area (Å²) in [6.07, 6.45) is 1.59. The van der Waals surface area contributed by atoms with E-state index in [9.17, 15) is 13.6 Å². The topological polar surface area (TPSA) is 63.2 Å². The molecular formula is C20H18F2O6. The number of alkyl halides is 2. The van der Waals surface area contributed by atoms with Crippen molar-refractivity contribution < 1.29 is 37.3 Å². The lowest BCUT2D eigenvalue weighted by Gasteiger charge is -2.20. The van der Waals surface area contributed by atoms with Gasteiger partial charge in [-0.1, -0.05) is 0 Å². The van der Waals surface area contributed by atoms with Crippen molar-refractivity contribution in [2.24, 2.45) is 0 Å². The number of methoxy groups -OCH3 is 3. The number of carbonyl (C=O) groups excluding carboxylic acids is 1. The Hall–Kier alpha value is -3.29. The Balaban J connectivity index is 2.00. The smallest absolute Gasteiger partial charge is 0.387 e. The van der Waals surface area contributed by atoms with E-state index in [1.165, 1.54) is 33.5 Å². The number of hydrogen-bond donors (Lipinski definition) is 0. The second kappa shape index (κ2) is 8.16. The van der Waals surface area contributed by atoms with E-state index in [2.05, 4.69) is 4.74 Å². The molecule has 0 saturated carbocycles. The molecule has 0 N–H and O–H groups in total. The summed E-state index contributed by atoms with van der Waals surface area (Å²) in [4.78, 5) is 12.8. The van der Waals surface area contributed by atoms with E-state index < -0.39 is 6.61 Å². The first-order chi connectivity index (χ1) is 13.5. The molecular weight excluding hydrogens is 374 g/mol. The van der Waals surface area contributed by atoms with Crippen LogP contribution < -0.4 is 23.7 Å². The van der Waals surface area contributed by atoms with Gasteiger partial charge in [-0.15, -0.1) is 0 Å². The zero-order chi connectivity index (χ0) is 20.3. The van der Waals surface area contributed by atoms with E-state index in [0.29, 0.717) is 28.2 Å². The van der Waals surface area contributed by atoms with Gasteiger partial charge in [-0.3, -0.25) is 4.79 Å². The van der Waals surface area contributed by atoms with Crippen LogP contribution in [0.1, 0.15) is 15.9 Å². The molecule has 0 aliphatic carbocycles. The maximum Gasteiger partial charge on any atom is 0.387 e. The minimum Gasteiger partial charge on any atom is -0.497 e. The molecule has 0 fully saturated rings. The maximum absolute atomic E-state index is 12.8. The van der Waals surface area contributed by atoms with Gasteiger partial charge in [0.05, 0.1) is 26.9 Å². The highest BCUT2D eigenvalue weighted by Gasteiger charge is 2.25. The molecule has 0 saturated heterocycles. The summed E-state index contributed by atoms with van der Waals surface area (Å²) >= 11 is 0. The summed E-state index contributed by atoms with van der Waals surface area (Å²) in [5, 5.41) is 0. The Morgan fingerprint density at radius 2 is 1.71 bits per heavy atom. The van der Waals surface area contributed by atoms with Crippen LogP contribution in [0.3, 0.4) is 0 Å². The molecule has 28 heavy (non-hydrogen) atoms. The molecule has 1 aliphatic rings. The first kappa shape index (κ1) is 19.5. The van der Waals surface area contributed by atoms with Crippen molar-refractivity contribution in [3.63, 3.8) is 0 Å². The lowest BCUT2D eigenvalue weighted by molar-refractivity contribution is -0.0526. The van der Waals surface area contributed by atoms with Crippen LogP contribution in [0.15, 0.2) is 35.9 Å². The molecule has 0 amide bonds. The maximum atomic E-state index is 12.8. The van der Waals surface area contributed by atoms with E-state index in [1.807, 2.05) is 0 Å². The number of hydrogen-bond acceptors (Lipinski definition) is 6. The minimum atomic E-state index is -3.04. The number of halogens is 2. The first-order valence-electron chi connectivity index (χ1n) is 8.23. The number of rotatable bonds is 6. The SMILES string of the molecule is COc1ccc2c(c1)C(=O)/C(=C\c1cc(OC)c(OC(F)F)c(OC)c1)CO2. The molecule has 1 heterocycles. The van der Waals surface area contributed by atoms with Gasteiger partial charge in [-0.05, 0) is 42.0 Å². The van der Waals surface area contributed by atoms with Crippen LogP contribution in [-0.2, 0) is 0 Å². The highest BCUT2D eigenvalue weighted by atomic mass is 19.3. The predicted molar refractivity (Wildman–Crippen MR) is 97.0 cm³/mol. The number of ketones is 1. The molecule has 6 nitrogen and oxygen atoms in total. The Labute approximate surface area is 160 Å². The van der Waals surface area contributed by atoms with Crippen molar-refractivity contribution in [3.05, 3.63) is 47.0 Å². The highest BCUT2D eigenvalue weighted by molar-refractivity contribution is 6.14. The lowest BCUT2D eigenvalue weighted by atomic mass is 9.98. The Bertz CT molecular complexity index is 898. The zero-order valence-corrected chi connectivity index (χ0v) is 15.5. The van der Waals surface area contributed by atoms with Gasteiger partial charge in [0.25, 0.3) is 0 Å². The third-order valence-corrected chi connectivity index (χ3v) is 4.14. The summed E-state index contributed by atoms with van der Waals surface area (Å²) < 4.78 is 50.9. The monoisotopic (exact) mass is 392 g/mol. The first-order valence-corrected chi connectivity index (χ1v) is 8.23. The normalized spacial score (nSPS) is 14.5. The van der Waals surface area contributed by atoms with E-state index in [-0.39, 0.29) is 29.6 Å². The molecule has 0 bridgehead atoms. The number of fused-ring (bicyclic) bond motifs is 1. The van der Waals surface area contributed by atoms with Gasteiger partial charge in [-0.25, -0.2) is 0 Å². The molecule has 0 unspecified atom stereocenters. The van der Waals surface area contributed by atoms with Crippen LogP contribution in [0, 0.1) is 0 Å². The van der Waals surface area contributed by atoms with Crippen molar-refractivity contribution in [1.29, 1.82) is 0 Å². The van der Waals surface area contributed by atoms with Crippen molar-refractivity contribution in [1.82, 2.24) is 0 Å². The van der Waals surface area contributed by atoms with Crippen LogP contribution in [0.25, 0.3) is 6.08 Å². The standard InChI is InChI=1S/C20H18F2O6/c1-24-13-4-5-15-14(9-13)18(23)12(10-27-15)6-11-7-16(25-2)19(28-20(21)22)17(8-11)26-3/h4-9,20H,10H2,1-3H3/b12-6-. The van der Waals surface area contributed by atoms with E-state index in [4.69, 9.17) is 18.9 Å². The molecule has 2 aromatic carbocycles. The van der Waals surface area contributed by atoms with Gasteiger partial charge in [0.2, 0.25) is 5.75 Å². The van der Waals surface area contributed by atoms with Gasteiger partial charge in [-0.2, -0.15) is 8.78 Å². The summed E-state index contributed by atoms with van der Waals surface area (Å²) in [5.41, 5.74) is 1.27. The van der Waals surface area contributed by atoms with Gasteiger partial charge >= 0.3 is 6.61 Å². The zero-order valence-electron chi connectivity index (χ0n) is 15.5. The van der Waals surface area contributed by atoms with Crippen LogP contribution in [0.5, 0.6) is 28.7 Å². The van der Waals surface area contributed by atoms with Crippen molar-refractivity contribution in [3.8, 4) is 28.7 Å². The number of benzene rings is 2. The summed E-state index contributed by atoms with van der Waals surface area (Å²) in [6.45, 7) is -2.97. The fourth-order valence-electron chi connectivity index (χ4n) is 2.83. The average Bonchev–Trinajstić information content (AvgIpc) is 2.70. The van der Waals surface area contributed by atoms with Crippen LogP contribution in [0.2, 0.25) is 0 Å². The molecule has 0 radical (unpaired) electrons. The average molecular weight is 392 g/mol. The summed E-state index contributed by atoms with van der Waals surface area (Å²) in [5.74, 6) is 0.678. The van der Waals surface area contributed by atoms with Crippen LogP contribution in [0.4, 0.5) is 8.78 Å². The molecule has 0 atom stereocenters. The third-order valence-electron chi connectivity index (χ3n) is 4.14. The molecule has 3 rings (SSSR count). The number of ether oxygens (including phenoxy) is 5. The predicted octanol–water partition coefficient (Wildman–Crippen LogP) is 3.97. The third kappa shape index (κ3) is 3.85. The van der Waals surface area contributed by atoms with E-state index >= 15 is 0 Å². The van der Waals surface area contributed by atoms with Crippen molar-refractivity contribution >= 4 is 11.9 Å². The van der Waals surface area contributed by atoms with Gasteiger partial charge < -0.3 is 23.7 Å². The second-order valence-corrected chi connectivity index (χ2v) is 5.78. The number of carbonyl (C=O) groups is 1. The van der Waals surface area contributed by atoms with E-state index in [1.54, 1.807) is 24.3 Å².